The van der Waals surface area contributed by atoms with Crippen LogP contribution >= 0.6 is 0 Å². The molecule has 0 bridgehead atoms. The fourth-order valence-electron chi connectivity index (χ4n) is 1.74. The SMILES string of the molecule is NS(=O)(=O)c1ccc(O)c(NC(=O)Cn2cc(F)c(=O)[nH]c2=O)c1. The summed E-state index contributed by atoms with van der Waals surface area (Å²) in [6, 6.07) is 2.95. The smallest absolute Gasteiger partial charge is 0.328 e. The Morgan fingerprint density at radius 3 is 2.67 bits per heavy atom. The van der Waals surface area contributed by atoms with Gasteiger partial charge in [-0.1, -0.05) is 0 Å². The van der Waals surface area contributed by atoms with Crippen molar-refractivity contribution in [1.29, 1.82) is 0 Å². The number of carbonyl (C=O) groups is 1. The van der Waals surface area contributed by atoms with E-state index >= 15 is 0 Å². The highest BCUT2D eigenvalue weighted by atomic mass is 32.2. The van der Waals surface area contributed by atoms with Gasteiger partial charge in [0.15, 0.2) is 0 Å². The molecule has 0 aliphatic heterocycles. The second-order valence-corrected chi connectivity index (χ2v) is 6.20. The van der Waals surface area contributed by atoms with Gasteiger partial charge in [0.05, 0.1) is 16.8 Å². The number of nitrogens with one attached hydrogen (secondary N) is 2. The Morgan fingerprint density at radius 2 is 2.04 bits per heavy atom. The fourth-order valence-corrected chi connectivity index (χ4v) is 2.28. The molecule has 1 heterocycles. The number of aromatic nitrogens is 2. The zero-order valence-corrected chi connectivity index (χ0v) is 12.6. The summed E-state index contributed by atoms with van der Waals surface area (Å²) < 4.78 is 36.2. The Balaban J connectivity index is 2.26. The molecule has 0 saturated heterocycles. The third-order valence-electron chi connectivity index (χ3n) is 2.85. The molecule has 0 saturated carbocycles. The molecule has 2 aromatic rings. The lowest BCUT2D eigenvalue weighted by atomic mass is 10.3. The number of primary sulfonamides is 1. The lowest BCUT2D eigenvalue weighted by Crippen LogP contribution is -2.34. The molecule has 128 valence electrons. The van der Waals surface area contributed by atoms with Crippen molar-refractivity contribution in [2.75, 3.05) is 5.32 Å². The van der Waals surface area contributed by atoms with Gasteiger partial charge in [0.2, 0.25) is 21.7 Å². The fraction of sp³-hybridized carbons (Fsp3) is 0.0833. The van der Waals surface area contributed by atoms with E-state index in [0.29, 0.717) is 10.8 Å². The predicted molar refractivity (Wildman–Crippen MR) is 79.4 cm³/mol. The maximum Gasteiger partial charge on any atom is 0.328 e. The molecule has 0 radical (unpaired) electrons. The molecule has 0 unspecified atom stereocenters. The normalized spacial score (nSPS) is 11.2. The minimum absolute atomic E-state index is 0.274. The number of amides is 1. The van der Waals surface area contributed by atoms with E-state index in [-0.39, 0.29) is 10.6 Å². The molecule has 2 rings (SSSR count). The van der Waals surface area contributed by atoms with Crippen LogP contribution in [0.25, 0.3) is 0 Å². The van der Waals surface area contributed by atoms with Crippen molar-refractivity contribution >= 4 is 21.6 Å². The summed E-state index contributed by atoms with van der Waals surface area (Å²) in [5.74, 6) is -2.59. The van der Waals surface area contributed by atoms with Crippen LogP contribution in [0.1, 0.15) is 0 Å². The number of carbonyl (C=O) groups excluding carboxylic acids is 1. The van der Waals surface area contributed by atoms with Gasteiger partial charge in [-0.25, -0.2) is 18.4 Å². The van der Waals surface area contributed by atoms with E-state index in [2.05, 4.69) is 5.32 Å². The van der Waals surface area contributed by atoms with Crippen LogP contribution in [0.5, 0.6) is 5.75 Å². The average molecular weight is 358 g/mol. The van der Waals surface area contributed by atoms with E-state index in [1.54, 1.807) is 4.98 Å². The lowest BCUT2D eigenvalue weighted by Gasteiger charge is -2.10. The summed E-state index contributed by atoms with van der Waals surface area (Å²) in [6.07, 6.45) is 0.543. The summed E-state index contributed by atoms with van der Waals surface area (Å²) in [6.45, 7) is -0.689. The number of nitrogens with zero attached hydrogens (tertiary/aromatic N) is 1. The topological polar surface area (TPSA) is 164 Å². The van der Waals surface area contributed by atoms with Crippen LogP contribution in [-0.4, -0.2) is 29.0 Å². The number of nitrogens with two attached hydrogens (primary N) is 1. The van der Waals surface area contributed by atoms with E-state index in [0.717, 1.165) is 18.2 Å². The molecule has 0 spiro atoms. The van der Waals surface area contributed by atoms with Crippen molar-refractivity contribution in [2.24, 2.45) is 5.14 Å². The Morgan fingerprint density at radius 1 is 1.38 bits per heavy atom. The molecule has 1 amide bonds. The van der Waals surface area contributed by atoms with E-state index in [4.69, 9.17) is 5.14 Å². The first-order chi connectivity index (χ1) is 11.1. The molecule has 0 atom stereocenters. The Hall–Kier alpha value is -2.99. The van der Waals surface area contributed by atoms with Crippen LogP contribution < -0.4 is 21.7 Å². The van der Waals surface area contributed by atoms with Gasteiger partial charge >= 0.3 is 5.69 Å². The minimum Gasteiger partial charge on any atom is -0.506 e. The first-order valence-electron chi connectivity index (χ1n) is 6.23. The molecular weight excluding hydrogens is 347 g/mol. The van der Waals surface area contributed by atoms with Crippen molar-refractivity contribution in [3.8, 4) is 5.75 Å². The Bertz CT molecular complexity index is 1030. The molecule has 24 heavy (non-hydrogen) atoms. The van der Waals surface area contributed by atoms with E-state index in [1.807, 2.05) is 0 Å². The first-order valence-corrected chi connectivity index (χ1v) is 7.77. The van der Waals surface area contributed by atoms with Crippen LogP contribution in [0.3, 0.4) is 0 Å². The number of rotatable bonds is 4. The largest absolute Gasteiger partial charge is 0.506 e. The van der Waals surface area contributed by atoms with Crippen molar-refractivity contribution < 1.29 is 22.7 Å². The maximum absolute atomic E-state index is 13.1. The summed E-state index contributed by atoms with van der Waals surface area (Å²) in [5.41, 5.74) is -2.52. The van der Waals surface area contributed by atoms with Crippen LogP contribution in [-0.2, 0) is 21.4 Å². The standard InChI is InChI=1S/C12H11FN4O6S/c13-7-4-17(12(21)16-11(7)20)5-10(19)15-8-3-6(24(14,22)23)1-2-9(8)18/h1-4,18H,5H2,(H,15,19)(H2,14,22,23)(H,16,20,21). The number of phenols is 1. The number of hydrogen-bond donors (Lipinski definition) is 4. The van der Waals surface area contributed by atoms with Gasteiger partial charge in [-0.2, -0.15) is 4.39 Å². The van der Waals surface area contributed by atoms with Gasteiger partial charge in [0.1, 0.15) is 12.3 Å². The number of aromatic hydroxyl groups is 1. The van der Waals surface area contributed by atoms with Gasteiger partial charge < -0.3 is 10.4 Å². The summed E-state index contributed by atoms with van der Waals surface area (Å²) in [7, 11) is -4.06. The molecular formula is C12H11FN4O6S. The van der Waals surface area contributed by atoms with Crippen LogP contribution in [0, 0.1) is 5.82 Å². The number of benzene rings is 1. The van der Waals surface area contributed by atoms with Gasteiger partial charge in [-0.05, 0) is 18.2 Å². The van der Waals surface area contributed by atoms with E-state index in [1.165, 1.54) is 0 Å². The molecule has 0 aliphatic carbocycles. The minimum atomic E-state index is -4.06. The molecule has 10 nitrogen and oxygen atoms in total. The van der Waals surface area contributed by atoms with E-state index in [9.17, 15) is 32.3 Å². The van der Waals surface area contributed by atoms with Crippen molar-refractivity contribution in [1.82, 2.24) is 9.55 Å². The number of anilines is 1. The quantitative estimate of drug-likeness (QED) is 0.494. The lowest BCUT2D eigenvalue weighted by molar-refractivity contribution is -0.116. The third-order valence-corrected chi connectivity index (χ3v) is 3.76. The van der Waals surface area contributed by atoms with Gasteiger partial charge in [-0.3, -0.25) is 19.1 Å². The van der Waals surface area contributed by atoms with Gasteiger partial charge in [0, 0.05) is 0 Å². The number of halogens is 1. The Kier molecular flexibility index (Phi) is 4.52. The van der Waals surface area contributed by atoms with Crippen molar-refractivity contribution in [3.63, 3.8) is 0 Å². The van der Waals surface area contributed by atoms with Crippen molar-refractivity contribution in [2.45, 2.75) is 11.4 Å². The number of hydrogen-bond acceptors (Lipinski definition) is 6. The summed E-state index contributed by atoms with van der Waals surface area (Å²) in [4.78, 5) is 35.5. The van der Waals surface area contributed by atoms with Gasteiger partial charge in [0.25, 0.3) is 5.56 Å². The molecule has 5 N–H and O–H groups in total. The van der Waals surface area contributed by atoms with Gasteiger partial charge in [-0.15, -0.1) is 0 Å². The molecule has 1 aromatic carbocycles. The van der Waals surface area contributed by atoms with Crippen molar-refractivity contribution in [3.05, 3.63) is 51.1 Å². The molecule has 1 aromatic heterocycles. The number of phenolic OH excluding ortho intramolecular Hbond substituents is 1. The zero-order valence-electron chi connectivity index (χ0n) is 11.8. The number of aromatic amines is 1. The predicted octanol–water partition coefficient (Wildman–Crippen LogP) is -1.33. The second kappa shape index (κ2) is 6.25. The number of sulfonamides is 1. The Labute approximate surface area is 133 Å². The van der Waals surface area contributed by atoms with Crippen LogP contribution in [0.4, 0.5) is 10.1 Å². The second-order valence-electron chi connectivity index (χ2n) is 4.64. The zero-order chi connectivity index (χ0) is 18.1. The molecule has 0 fully saturated rings. The third kappa shape index (κ3) is 3.85. The highest BCUT2D eigenvalue weighted by Crippen LogP contribution is 2.25. The number of H-pyrrole nitrogens is 1. The average Bonchev–Trinajstić information content (AvgIpc) is 2.46. The van der Waals surface area contributed by atoms with Crippen LogP contribution in [0.2, 0.25) is 0 Å². The highest BCUT2D eigenvalue weighted by Gasteiger charge is 2.14. The summed E-state index contributed by atoms with van der Waals surface area (Å²) in [5, 5.41) is 16.7. The van der Waals surface area contributed by atoms with Crippen LogP contribution in [0.15, 0.2) is 38.9 Å². The highest BCUT2D eigenvalue weighted by molar-refractivity contribution is 7.89. The monoisotopic (exact) mass is 358 g/mol. The first kappa shape index (κ1) is 17.4. The maximum atomic E-state index is 13.1. The summed E-state index contributed by atoms with van der Waals surface area (Å²) >= 11 is 0. The van der Waals surface area contributed by atoms with E-state index < -0.39 is 45.3 Å². The molecule has 12 heteroatoms. The molecule has 0 aliphatic rings.